The van der Waals surface area contributed by atoms with E-state index in [2.05, 4.69) is 10.4 Å². The number of hydrogen-bond donors (Lipinski definition) is 1. The maximum atomic E-state index is 12.4. The van der Waals surface area contributed by atoms with Crippen molar-refractivity contribution in [3.8, 4) is 0 Å². The predicted molar refractivity (Wildman–Crippen MR) is 106 cm³/mol. The Bertz CT molecular complexity index is 940. The molecule has 1 aromatic heterocycles. The van der Waals surface area contributed by atoms with Gasteiger partial charge in [-0.2, -0.15) is 5.10 Å². The molecule has 2 atom stereocenters. The van der Waals surface area contributed by atoms with Gasteiger partial charge in [-0.1, -0.05) is 29.3 Å². The van der Waals surface area contributed by atoms with Crippen LogP contribution >= 0.6 is 23.2 Å². The molecule has 7 nitrogen and oxygen atoms in total. The van der Waals surface area contributed by atoms with Gasteiger partial charge in [0, 0.05) is 22.8 Å². The average molecular weight is 426 g/mol. The molecule has 0 spiro atoms. The average Bonchev–Trinajstić information content (AvgIpc) is 2.85. The highest BCUT2D eigenvalue weighted by atomic mass is 35.5. The Morgan fingerprint density at radius 1 is 1.18 bits per heavy atom. The van der Waals surface area contributed by atoms with Crippen molar-refractivity contribution in [2.75, 3.05) is 0 Å². The first-order chi connectivity index (χ1) is 13.0. The minimum Gasteiger partial charge on any atom is -0.447 e. The van der Waals surface area contributed by atoms with Crippen LogP contribution in [0, 0.1) is 13.8 Å². The molecule has 0 fully saturated rings. The number of hydrogen-bond acceptors (Lipinski definition) is 5. The van der Waals surface area contributed by atoms with Gasteiger partial charge in [-0.15, -0.1) is 0 Å². The van der Waals surface area contributed by atoms with E-state index in [-0.39, 0.29) is 5.56 Å². The predicted octanol–water partition coefficient (Wildman–Crippen LogP) is 3.34. The Morgan fingerprint density at radius 2 is 1.82 bits per heavy atom. The molecule has 2 unspecified atom stereocenters. The number of esters is 1. The highest BCUT2D eigenvalue weighted by molar-refractivity contribution is 6.41. The second-order valence-corrected chi connectivity index (χ2v) is 7.29. The Morgan fingerprint density at radius 3 is 2.36 bits per heavy atom. The molecule has 9 heteroatoms. The molecule has 1 N–H and O–H groups in total. The number of carbonyl (C=O) groups is 3. The van der Waals surface area contributed by atoms with Crippen LogP contribution in [0.5, 0.6) is 0 Å². The van der Waals surface area contributed by atoms with Gasteiger partial charge in [-0.3, -0.25) is 14.3 Å². The molecular formula is C19H21Cl2N3O4. The van der Waals surface area contributed by atoms with Crippen molar-refractivity contribution in [3.63, 3.8) is 0 Å². The fraction of sp³-hybridized carbons (Fsp3) is 0.368. The van der Waals surface area contributed by atoms with Crippen LogP contribution in [0.3, 0.4) is 0 Å². The molecule has 0 aliphatic carbocycles. The van der Waals surface area contributed by atoms with Gasteiger partial charge < -0.3 is 10.1 Å². The van der Waals surface area contributed by atoms with Gasteiger partial charge >= 0.3 is 5.97 Å². The summed E-state index contributed by atoms with van der Waals surface area (Å²) in [5.41, 5.74) is 1.81. The molecule has 2 aromatic rings. The molecule has 28 heavy (non-hydrogen) atoms. The lowest BCUT2D eigenvalue weighted by molar-refractivity contribution is -0.150. The van der Waals surface area contributed by atoms with Crippen LogP contribution in [0.25, 0.3) is 0 Å². The van der Waals surface area contributed by atoms with Crippen LogP contribution < -0.4 is 5.32 Å². The van der Waals surface area contributed by atoms with E-state index >= 15 is 0 Å². The number of nitrogens with one attached hydrogen (secondary N) is 1. The summed E-state index contributed by atoms with van der Waals surface area (Å²) < 4.78 is 6.55. The van der Waals surface area contributed by atoms with Gasteiger partial charge in [0.25, 0.3) is 11.7 Å². The summed E-state index contributed by atoms with van der Waals surface area (Å²) >= 11 is 12.0. The minimum absolute atomic E-state index is 0.182. The topological polar surface area (TPSA) is 90.3 Å². The molecule has 0 saturated heterocycles. The first kappa shape index (κ1) is 21.9. The number of amides is 1. The van der Waals surface area contributed by atoms with E-state index in [1.807, 2.05) is 0 Å². The number of carbonyl (C=O) groups excluding carboxylic acids is 3. The van der Waals surface area contributed by atoms with Crippen molar-refractivity contribution >= 4 is 40.9 Å². The van der Waals surface area contributed by atoms with Gasteiger partial charge in [0.1, 0.15) is 0 Å². The Hall–Kier alpha value is -2.38. The van der Waals surface area contributed by atoms with Crippen LogP contribution in [-0.4, -0.2) is 33.5 Å². The SMILES string of the molecule is Cc1nn(C)c(C)c1C(=O)C(=O)OC(C)C(=O)NC(C)c1ccc(Cl)cc1Cl. The van der Waals surface area contributed by atoms with Crippen LogP contribution in [-0.2, 0) is 21.4 Å². The second kappa shape index (κ2) is 8.75. The fourth-order valence-corrected chi connectivity index (χ4v) is 3.31. The molecule has 1 amide bonds. The second-order valence-electron chi connectivity index (χ2n) is 6.44. The summed E-state index contributed by atoms with van der Waals surface area (Å²) in [6.45, 7) is 6.42. The van der Waals surface area contributed by atoms with E-state index in [0.717, 1.165) is 0 Å². The molecule has 2 rings (SSSR count). The van der Waals surface area contributed by atoms with E-state index in [0.29, 0.717) is 27.0 Å². The molecule has 0 radical (unpaired) electrons. The van der Waals surface area contributed by atoms with Crippen molar-refractivity contribution in [1.29, 1.82) is 0 Å². The number of Topliss-reactive ketones (excluding diaryl/α,β-unsaturated/α-hetero) is 1. The number of aryl methyl sites for hydroxylation is 2. The third kappa shape index (κ3) is 4.72. The van der Waals surface area contributed by atoms with E-state index < -0.39 is 29.8 Å². The van der Waals surface area contributed by atoms with E-state index in [1.54, 1.807) is 46.0 Å². The number of rotatable bonds is 6. The van der Waals surface area contributed by atoms with E-state index in [9.17, 15) is 14.4 Å². The zero-order valence-corrected chi connectivity index (χ0v) is 17.7. The first-order valence-corrected chi connectivity index (χ1v) is 9.29. The van der Waals surface area contributed by atoms with Gasteiger partial charge in [0.2, 0.25) is 0 Å². The normalized spacial score (nSPS) is 13.0. The molecule has 0 aliphatic rings. The number of halogens is 2. The van der Waals surface area contributed by atoms with Gasteiger partial charge in [-0.05, 0) is 45.4 Å². The standard InChI is InChI=1S/C19H21Cl2N3O4/c1-9(14-7-6-13(20)8-15(14)21)22-18(26)12(4)28-19(27)17(25)16-10(2)23-24(5)11(16)3/h6-9,12H,1-5H3,(H,22,26). The molecule has 0 saturated carbocycles. The maximum Gasteiger partial charge on any atom is 0.380 e. The number of ether oxygens (including phenoxy) is 1. The summed E-state index contributed by atoms with van der Waals surface area (Å²) in [6.07, 6.45) is -1.16. The highest BCUT2D eigenvalue weighted by Crippen LogP contribution is 2.26. The zero-order valence-electron chi connectivity index (χ0n) is 16.2. The Labute approximate surface area is 172 Å². The number of benzene rings is 1. The third-order valence-corrected chi connectivity index (χ3v) is 4.92. The Kier molecular flexibility index (Phi) is 6.85. The highest BCUT2D eigenvalue weighted by Gasteiger charge is 2.29. The van der Waals surface area contributed by atoms with Crippen molar-refractivity contribution in [2.24, 2.45) is 7.05 Å². The van der Waals surface area contributed by atoms with Crippen molar-refractivity contribution < 1.29 is 19.1 Å². The fourth-order valence-electron chi connectivity index (χ4n) is 2.73. The molecule has 0 aliphatic heterocycles. The molecule has 0 bridgehead atoms. The lowest BCUT2D eigenvalue weighted by Gasteiger charge is -2.19. The monoisotopic (exact) mass is 425 g/mol. The van der Waals surface area contributed by atoms with Crippen LogP contribution in [0.15, 0.2) is 18.2 Å². The number of nitrogens with zero attached hydrogens (tertiary/aromatic N) is 2. The Balaban J connectivity index is 2.03. The van der Waals surface area contributed by atoms with Crippen molar-refractivity contribution in [1.82, 2.24) is 15.1 Å². The van der Waals surface area contributed by atoms with E-state index in [1.165, 1.54) is 11.6 Å². The summed E-state index contributed by atoms with van der Waals surface area (Å²) in [7, 11) is 1.67. The van der Waals surface area contributed by atoms with Gasteiger partial charge in [-0.25, -0.2) is 4.79 Å². The maximum absolute atomic E-state index is 12.4. The van der Waals surface area contributed by atoms with Crippen LogP contribution in [0.1, 0.15) is 47.2 Å². The first-order valence-electron chi connectivity index (χ1n) is 8.53. The van der Waals surface area contributed by atoms with Gasteiger partial charge in [0.05, 0.1) is 17.3 Å². The molecular weight excluding hydrogens is 405 g/mol. The van der Waals surface area contributed by atoms with E-state index in [4.69, 9.17) is 27.9 Å². The number of aromatic nitrogens is 2. The molecule has 1 aromatic carbocycles. The van der Waals surface area contributed by atoms with Crippen molar-refractivity contribution in [3.05, 3.63) is 50.8 Å². The lowest BCUT2D eigenvalue weighted by atomic mass is 10.1. The van der Waals surface area contributed by atoms with Crippen LogP contribution in [0.4, 0.5) is 0 Å². The quantitative estimate of drug-likeness (QED) is 0.435. The summed E-state index contributed by atoms with van der Waals surface area (Å²) in [4.78, 5) is 36.9. The number of ketones is 1. The molecule has 150 valence electrons. The third-order valence-electron chi connectivity index (χ3n) is 4.36. The van der Waals surface area contributed by atoms with Gasteiger partial charge in [0.15, 0.2) is 6.10 Å². The smallest absolute Gasteiger partial charge is 0.380 e. The lowest BCUT2D eigenvalue weighted by Crippen LogP contribution is -2.38. The summed E-state index contributed by atoms with van der Waals surface area (Å²) in [5, 5.41) is 7.68. The summed E-state index contributed by atoms with van der Waals surface area (Å²) in [5.74, 6) is -2.50. The molecule has 1 heterocycles. The zero-order chi connectivity index (χ0) is 21.2. The van der Waals surface area contributed by atoms with Crippen molar-refractivity contribution in [2.45, 2.75) is 39.8 Å². The van der Waals surface area contributed by atoms with Crippen LogP contribution in [0.2, 0.25) is 10.0 Å². The summed E-state index contributed by atoms with van der Waals surface area (Å²) in [6, 6.07) is 4.48. The largest absolute Gasteiger partial charge is 0.447 e. The minimum atomic E-state index is -1.16.